The Labute approximate surface area is 211 Å². The second-order valence-corrected chi connectivity index (χ2v) is 9.06. The van der Waals surface area contributed by atoms with Gasteiger partial charge in [-0.2, -0.15) is 5.10 Å². The van der Waals surface area contributed by atoms with Gasteiger partial charge in [0.25, 0.3) is 0 Å². The molecule has 8 nitrogen and oxygen atoms in total. The molecule has 0 aliphatic carbocycles. The van der Waals surface area contributed by atoms with Crippen LogP contribution in [0.15, 0.2) is 73.2 Å². The van der Waals surface area contributed by atoms with Gasteiger partial charge in [-0.15, -0.1) is 0 Å². The number of rotatable bonds is 5. The maximum Gasteiger partial charge on any atom is 0.226 e. The number of aromatic nitrogens is 6. The highest BCUT2D eigenvalue weighted by Gasteiger charge is 2.18. The van der Waals surface area contributed by atoms with Gasteiger partial charge in [-0.05, 0) is 42.0 Å². The number of carbonyl (C=O) groups is 1. The summed E-state index contributed by atoms with van der Waals surface area (Å²) in [7, 11) is 0. The lowest BCUT2D eigenvalue weighted by Crippen LogP contribution is -2.17. The number of halogens is 1. The number of pyridine rings is 2. The summed E-state index contributed by atoms with van der Waals surface area (Å²) in [5.74, 6) is -0.0190. The van der Waals surface area contributed by atoms with Gasteiger partial charge in [0.05, 0.1) is 22.9 Å². The van der Waals surface area contributed by atoms with Crippen molar-refractivity contribution in [3.05, 3.63) is 79.0 Å². The number of hydrogen-bond acceptors (Lipinski definition) is 5. The van der Waals surface area contributed by atoms with Gasteiger partial charge in [0.15, 0.2) is 5.82 Å². The maximum absolute atomic E-state index is 14.5. The number of anilines is 1. The largest absolute Gasteiger partial charge is 0.336 e. The van der Waals surface area contributed by atoms with Gasteiger partial charge in [-0.3, -0.25) is 19.9 Å². The first kappa shape index (κ1) is 22.5. The molecule has 4 aromatic heterocycles. The third-order valence-electron chi connectivity index (χ3n) is 6.18. The van der Waals surface area contributed by atoms with Crippen molar-refractivity contribution in [3.8, 4) is 33.9 Å². The van der Waals surface area contributed by atoms with E-state index in [1.165, 1.54) is 6.07 Å². The number of amides is 1. The number of imidazole rings is 1. The van der Waals surface area contributed by atoms with Crippen LogP contribution in [0.2, 0.25) is 0 Å². The Hall–Kier alpha value is -4.92. The summed E-state index contributed by atoms with van der Waals surface area (Å²) in [4.78, 5) is 28.9. The quantitative estimate of drug-likeness (QED) is 0.275. The average Bonchev–Trinajstić information content (AvgIpc) is 3.53. The van der Waals surface area contributed by atoms with Crippen molar-refractivity contribution in [2.75, 3.05) is 5.32 Å². The molecule has 0 unspecified atom stereocenters. The van der Waals surface area contributed by atoms with Crippen LogP contribution < -0.4 is 5.32 Å². The van der Waals surface area contributed by atoms with E-state index in [0.717, 1.165) is 27.5 Å². The molecule has 6 aromatic rings. The molecule has 0 saturated carbocycles. The van der Waals surface area contributed by atoms with Gasteiger partial charge in [0, 0.05) is 34.8 Å². The molecule has 37 heavy (non-hydrogen) atoms. The first-order valence-corrected chi connectivity index (χ1v) is 11.8. The molecule has 0 saturated heterocycles. The Bertz CT molecular complexity index is 1790. The Balaban J connectivity index is 1.42. The molecule has 4 heterocycles. The zero-order valence-electron chi connectivity index (χ0n) is 20.1. The van der Waals surface area contributed by atoms with E-state index in [2.05, 4.69) is 30.5 Å². The fourth-order valence-electron chi connectivity index (χ4n) is 4.22. The van der Waals surface area contributed by atoms with Crippen molar-refractivity contribution in [2.45, 2.75) is 13.8 Å². The number of aromatic amines is 2. The van der Waals surface area contributed by atoms with E-state index in [-0.39, 0.29) is 17.6 Å². The van der Waals surface area contributed by atoms with E-state index in [0.29, 0.717) is 34.0 Å². The average molecular weight is 492 g/mol. The van der Waals surface area contributed by atoms with Crippen molar-refractivity contribution in [1.82, 2.24) is 30.1 Å². The van der Waals surface area contributed by atoms with Gasteiger partial charge in [-0.25, -0.2) is 9.37 Å². The van der Waals surface area contributed by atoms with E-state index < -0.39 is 0 Å². The summed E-state index contributed by atoms with van der Waals surface area (Å²) in [6.07, 6.45) is 5.01. The number of H-pyrrole nitrogens is 2. The summed E-state index contributed by atoms with van der Waals surface area (Å²) < 4.78 is 14.5. The maximum atomic E-state index is 14.5. The smallest absolute Gasteiger partial charge is 0.226 e. The SMILES string of the molecule is CC(C)C(=O)Nc1cncc(-c2ccc3[nH]nc(-c4nc5c(-c6ccccc6F)nccc5[nH]4)c3c2)c1. The molecule has 0 radical (unpaired) electrons. The molecule has 0 aliphatic rings. The number of carbonyl (C=O) groups excluding carboxylic acids is 1. The van der Waals surface area contributed by atoms with Gasteiger partial charge in [0.2, 0.25) is 5.91 Å². The Kier molecular flexibility index (Phi) is 5.45. The lowest BCUT2D eigenvalue weighted by atomic mass is 10.0. The normalized spacial score (nSPS) is 11.5. The fraction of sp³-hybridized carbons (Fsp3) is 0.107. The van der Waals surface area contributed by atoms with Crippen LogP contribution in [-0.4, -0.2) is 36.0 Å². The summed E-state index contributed by atoms with van der Waals surface area (Å²) in [6.45, 7) is 3.68. The van der Waals surface area contributed by atoms with Crippen LogP contribution in [0, 0.1) is 11.7 Å². The first-order chi connectivity index (χ1) is 18.0. The van der Waals surface area contributed by atoms with Gasteiger partial charge < -0.3 is 10.3 Å². The minimum Gasteiger partial charge on any atom is -0.336 e. The molecular formula is C28H22FN7O. The zero-order valence-corrected chi connectivity index (χ0v) is 20.1. The predicted octanol–water partition coefficient (Wildman–Crippen LogP) is 5.96. The van der Waals surface area contributed by atoms with Crippen LogP contribution >= 0.6 is 0 Å². The number of nitrogens with one attached hydrogen (secondary N) is 3. The highest BCUT2D eigenvalue weighted by molar-refractivity contribution is 5.98. The van der Waals surface area contributed by atoms with Crippen LogP contribution in [0.4, 0.5) is 10.1 Å². The van der Waals surface area contributed by atoms with Gasteiger partial charge >= 0.3 is 0 Å². The molecule has 9 heteroatoms. The summed E-state index contributed by atoms with van der Waals surface area (Å²) in [6, 6.07) is 16.1. The fourth-order valence-corrected chi connectivity index (χ4v) is 4.22. The molecule has 3 N–H and O–H groups in total. The van der Waals surface area contributed by atoms with E-state index in [9.17, 15) is 9.18 Å². The van der Waals surface area contributed by atoms with Crippen molar-refractivity contribution in [3.63, 3.8) is 0 Å². The van der Waals surface area contributed by atoms with Crippen LogP contribution in [0.25, 0.3) is 55.8 Å². The van der Waals surface area contributed by atoms with Crippen molar-refractivity contribution < 1.29 is 9.18 Å². The van der Waals surface area contributed by atoms with E-state index >= 15 is 0 Å². The number of hydrogen-bond donors (Lipinski definition) is 3. The molecular weight excluding hydrogens is 469 g/mol. The molecule has 0 aliphatic heterocycles. The number of nitrogens with zero attached hydrogens (tertiary/aromatic N) is 4. The molecule has 182 valence electrons. The van der Waals surface area contributed by atoms with Crippen molar-refractivity contribution in [1.29, 1.82) is 0 Å². The monoisotopic (exact) mass is 491 g/mol. The first-order valence-electron chi connectivity index (χ1n) is 11.8. The highest BCUT2D eigenvalue weighted by Crippen LogP contribution is 2.33. The number of benzene rings is 2. The minimum atomic E-state index is -0.359. The lowest BCUT2D eigenvalue weighted by Gasteiger charge is -2.09. The van der Waals surface area contributed by atoms with Crippen LogP contribution in [-0.2, 0) is 4.79 Å². The topological polar surface area (TPSA) is 112 Å². The Morgan fingerprint density at radius 3 is 2.68 bits per heavy atom. The molecule has 0 bridgehead atoms. The predicted molar refractivity (Wildman–Crippen MR) is 141 cm³/mol. The molecule has 1 amide bonds. The van der Waals surface area contributed by atoms with Gasteiger partial charge in [-0.1, -0.05) is 32.0 Å². The molecule has 2 aromatic carbocycles. The molecule has 0 atom stereocenters. The van der Waals surface area contributed by atoms with Crippen LogP contribution in [0.1, 0.15) is 13.8 Å². The molecule has 0 spiro atoms. The van der Waals surface area contributed by atoms with E-state index in [1.807, 2.05) is 38.1 Å². The van der Waals surface area contributed by atoms with E-state index in [4.69, 9.17) is 4.98 Å². The summed E-state index contributed by atoms with van der Waals surface area (Å²) in [5.41, 5.74) is 6.01. The lowest BCUT2D eigenvalue weighted by molar-refractivity contribution is -0.118. The summed E-state index contributed by atoms with van der Waals surface area (Å²) >= 11 is 0. The second-order valence-electron chi connectivity index (χ2n) is 9.06. The third kappa shape index (κ3) is 4.10. The molecule has 6 rings (SSSR count). The van der Waals surface area contributed by atoms with Crippen LogP contribution in [0.5, 0.6) is 0 Å². The summed E-state index contributed by atoms with van der Waals surface area (Å²) in [5, 5.41) is 11.3. The standard InChI is InChI=1S/C28H22FN7O/c1-15(2)28(37)32-18-11-17(13-30-14-18)16-7-8-22-20(12-16)25(36-35-22)27-33-23-9-10-31-24(26(23)34-27)19-5-3-4-6-21(19)29/h3-15H,1-2H3,(H,32,37)(H,33,34)(H,35,36). The Morgan fingerprint density at radius 2 is 1.84 bits per heavy atom. The highest BCUT2D eigenvalue weighted by atomic mass is 19.1. The van der Waals surface area contributed by atoms with Gasteiger partial charge in [0.1, 0.15) is 22.7 Å². The third-order valence-corrected chi connectivity index (χ3v) is 6.18. The van der Waals surface area contributed by atoms with Crippen molar-refractivity contribution in [2.24, 2.45) is 5.92 Å². The van der Waals surface area contributed by atoms with Crippen molar-refractivity contribution >= 4 is 33.5 Å². The molecule has 0 fully saturated rings. The van der Waals surface area contributed by atoms with E-state index in [1.54, 1.807) is 42.9 Å². The zero-order chi connectivity index (χ0) is 25.5. The second kappa shape index (κ2) is 8.94. The Morgan fingerprint density at radius 1 is 0.973 bits per heavy atom. The van der Waals surface area contributed by atoms with Crippen LogP contribution in [0.3, 0.4) is 0 Å². The minimum absolute atomic E-state index is 0.0688. The number of fused-ring (bicyclic) bond motifs is 2.